The molecule has 0 spiro atoms. The average Bonchev–Trinajstić information content (AvgIpc) is 2.25. The molecule has 1 atom stereocenters. The number of carboxylic acids is 1. The van der Waals surface area contributed by atoms with Gasteiger partial charge in [-0.05, 0) is 0 Å². The Labute approximate surface area is 88.0 Å². The van der Waals surface area contributed by atoms with E-state index in [-0.39, 0.29) is 6.61 Å². The van der Waals surface area contributed by atoms with Crippen molar-refractivity contribution in [3.63, 3.8) is 0 Å². The largest absolute Gasteiger partial charge is 0.478 e. The molecule has 0 radical (unpaired) electrons. The summed E-state index contributed by atoms with van der Waals surface area (Å²) in [6.07, 6.45) is 2.37. The van der Waals surface area contributed by atoms with Crippen LogP contribution in [0.2, 0.25) is 0 Å². The number of ether oxygens (including phenoxy) is 1. The first-order valence-electron chi connectivity index (χ1n) is 3.93. The number of aliphatic hydroxyl groups is 1. The van der Waals surface area contributed by atoms with Crippen molar-refractivity contribution in [1.82, 2.24) is 0 Å². The summed E-state index contributed by atoms with van der Waals surface area (Å²) in [5.74, 6) is -1.52. The predicted octanol–water partition coefficient (Wildman–Crippen LogP) is 0.519. The Morgan fingerprint density at radius 1 is 1.27 bits per heavy atom. The van der Waals surface area contributed by atoms with E-state index in [1.807, 2.05) is 0 Å². The van der Waals surface area contributed by atoms with Crippen molar-refractivity contribution in [2.45, 2.75) is 6.10 Å². The van der Waals surface area contributed by atoms with Gasteiger partial charge in [0.1, 0.15) is 12.7 Å². The van der Waals surface area contributed by atoms with E-state index in [4.69, 9.17) is 10.2 Å². The highest BCUT2D eigenvalue weighted by Crippen LogP contribution is 1.86. The highest BCUT2D eigenvalue weighted by atomic mass is 16.5. The van der Waals surface area contributed by atoms with Crippen molar-refractivity contribution in [3.8, 4) is 0 Å². The van der Waals surface area contributed by atoms with Gasteiger partial charge in [-0.25, -0.2) is 9.59 Å². The van der Waals surface area contributed by atoms with Gasteiger partial charge in [-0.15, -0.1) is 6.58 Å². The van der Waals surface area contributed by atoms with Crippen LogP contribution in [0.5, 0.6) is 0 Å². The Hall–Kier alpha value is -1.88. The van der Waals surface area contributed by atoms with Crippen LogP contribution < -0.4 is 0 Å². The molecule has 0 bridgehead atoms. The van der Waals surface area contributed by atoms with Crippen molar-refractivity contribution in [2.24, 2.45) is 0 Å². The summed E-state index contributed by atoms with van der Waals surface area (Å²) in [7, 11) is 0. The highest BCUT2D eigenvalue weighted by molar-refractivity contribution is 5.81. The molecule has 0 aromatic rings. The second kappa shape index (κ2) is 10.2. The Morgan fingerprint density at radius 2 is 1.73 bits per heavy atom. The summed E-state index contributed by atoms with van der Waals surface area (Å²) in [4.78, 5) is 19.6. The van der Waals surface area contributed by atoms with Crippen LogP contribution in [0.4, 0.5) is 0 Å². The average molecular weight is 214 g/mol. The standard InChI is InChI=1S/C7H10O3.C3H4O2/c1-3-6(8)5-10-7(9)4-2;1-2-3(4)5/h3-4,6,8H,1-2,5H2;2H,1H2,(H,4,5). The minimum Gasteiger partial charge on any atom is -0.478 e. The van der Waals surface area contributed by atoms with Gasteiger partial charge in [0.2, 0.25) is 0 Å². The number of carboxylic acid groups (broad SMARTS) is 1. The van der Waals surface area contributed by atoms with Gasteiger partial charge in [0, 0.05) is 12.2 Å². The minimum absolute atomic E-state index is 0.0612. The van der Waals surface area contributed by atoms with E-state index in [2.05, 4.69) is 24.5 Å². The summed E-state index contributed by atoms with van der Waals surface area (Å²) in [6, 6.07) is 0. The van der Waals surface area contributed by atoms with Crippen LogP contribution in [0.1, 0.15) is 0 Å². The second-order valence-corrected chi connectivity index (χ2v) is 2.18. The first kappa shape index (κ1) is 15.6. The number of hydrogen-bond donors (Lipinski definition) is 2. The van der Waals surface area contributed by atoms with Crippen molar-refractivity contribution in [1.29, 1.82) is 0 Å². The molecule has 0 aromatic carbocycles. The fourth-order valence-corrected chi connectivity index (χ4v) is 0.294. The van der Waals surface area contributed by atoms with Crippen molar-refractivity contribution >= 4 is 11.9 Å². The summed E-state index contributed by atoms with van der Waals surface area (Å²) in [5, 5.41) is 16.4. The van der Waals surface area contributed by atoms with Gasteiger partial charge in [0.25, 0.3) is 0 Å². The third-order valence-corrected chi connectivity index (χ3v) is 1.01. The van der Waals surface area contributed by atoms with Crippen molar-refractivity contribution in [3.05, 3.63) is 38.0 Å². The third-order valence-electron chi connectivity index (χ3n) is 1.01. The van der Waals surface area contributed by atoms with Crippen LogP contribution >= 0.6 is 0 Å². The minimum atomic E-state index is -0.981. The molecule has 0 rings (SSSR count). The quantitative estimate of drug-likeness (QED) is 0.396. The van der Waals surface area contributed by atoms with Crippen LogP contribution in [-0.4, -0.2) is 34.9 Å². The molecule has 0 aromatic heterocycles. The predicted molar refractivity (Wildman–Crippen MR) is 55.2 cm³/mol. The van der Waals surface area contributed by atoms with E-state index < -0.39 is 18.0 Å². The lowest BCUT2D eigenvalue weighted by atomic mass is 10.4. The van der Waals surface area contributed by atoms with Gasteiger partial charge >= 0.3 is 11.9 Å². The van der Waals surface area contributed by atoms with Gasteiger partial charge < -0.3 is 14.9 Å². The molecule has 1 unspecified atom stereocenters. The molecule has 0 aliphatic carbocycles. The Morgan fingerprint density at radius 3 is 2.00 bits per heavy atom. The van der Waals surface area contributed by atoms with E-state index in [1.54, 1.807) is 0 Å². The number of esters is 1. The lowest BCUT2D eigenvalue weighted by Gasteiger charge is -2.03. The van der Waals surface area contributed by atoms with E-state index in [0.29, 0.717) is 0 Å². The topological polar surface area (TPSA) is 83.8 Å². The maximum absolute atomic E-state index is 10.3. The van der Waals surface area contributed by atoms with Gasteiger partial charge in [-0.2, -0.15) is 0 Å². The van der Waals surface area contributed by atoms with Crippen LogP contribution in [-0.2, 0) is 14.3 Å². The molecule has 5 nitrogen and oxygen atoms in total. The molecule has 2 N–H and O–H groups in total. The molecule has 5 heteroatoms. The number of rotatable bonds is 5. The molecular weight excluding hydrogens is 200 g/mol. The number of hydrogen-bond acceptors (Lipinski definition) is 4. The summed E-state index contributed by atoms with van der Waals surface area (Å²) >= 11 is 0. The molecule has 15 heavy (non-hydrogen) atoms. The Balaban J connectivity index is 0. The molecule has 0 fully saturated rings. The monoisotopic (exact) mass is 214 g/mol. The molecular formula is C10H14O5. The third kappa shape index (κ3) is 14.9. The highest BCUT2D eigenvalue weighted by Gasteiger charge is 2.00. The van der Waals surface area contributed by atoms with Crippen molar-refractivity contribution < 1.29 is 24.5 Å². The van der Waals surface area contributed by atoms with Gasteiger partial charge in [-0.1, -0.05) is 19.2 Å². The van der Waals surface area contributed by atoms with Gasteiger partial charge in [0.15, 0.2) is 0 Å². The smallest absolute Gasteiger partial charge is 0.330 e. The number of aliphatic hydroxyl groups excluding tert-OH is 1. The Bertz CT molecular complexity index is 244. The van der Waals surface area contributed by atoms with Crippen LogP contribution in [0, 0.1) is 0 Å². The maximum atomic E-state index is 10.3. The first-order chi connectivity index (χ1) is 6.97. The molecule has 0 aliphatic rings. The van der Waals surface area contributed by atoms with E-state index >= 15 is 0 Å². The lowest BCUT2D eigenvalue weighted by Crippen LogP contribution is -2.14. The van der Waals surface area contributed by atoms with Crippen molar-refractivity contribution in [2.75, 3.05) is 6.61 Å². The molecule has 0 aliphatic heterocycles. The summed E-state index contributed by atoms with van der Waals surface area (Å²) in [5.41, 5.74) is 0. The van der Waals surface area contributed by atoms with Crippen LogP contribution in [0.15, 0.2) is 38.0 Å². The zero-order chi connectivity index (χ0) is 12.3. The summed E-state index contributed by atoms with van der Waals surface area (Å²) < 4.78 is 4.47. The van der Waals surface area contributed by atoms with Crippen LogP contribution in [0.3, 0.4) is 0 Å². The van der Waals surface area contributed by atoms with E-state index in [0.717, 1.165) is 12.2 Å². The molecule has 0 amide bonds. The molecule has 0 saturated heterocycles. The summed E-state index contributed by atoms with van der Waals surface area (Å²) in [6.45, 7) is 9.38. The normalized spacial score (nSPS) is 9.93. The lowest BCUT2D eigenvalue weighted by molar-refractivity contribution is -0.139. The second-order valence-electron chi connectivity index (χ2n) is 2.18. The maximum Gasteiger partial charge on any atom is 0.330 e. The molecule has 0 heterocycles. The van der Waals surface area contributed by atoms with Gasteiger partial charge in [-0.3, -0.25) is 0 Å². The van der Waals surface area contributed by atoms with E-state index in [1.165, 1.54) is 6.08 Å². The molecule has 84 valence electrons. The number of aliphatic carboxylic acids is 1. The fraction of sp³-hybridized carbons (Fsp3) is 0.200. The number of carbonyl (C=O) groups excluding carboxylic acids is 1. The first-order valence-corrected chi connectivity index (χ1v) is 3.93. The fourth-order valence-electron chi connectivity index (χ4n) is 0.294. The van der Waals surface area contributed by atoms with Gasteiger partial charge in [0.05, 0.1) is 0 Å². The van der Waals surface area contributed by atoms with E-state index in [9.17, 15) is 9.59 Å². The zero-order valence-corrected chi connectivity index (χ0v) is 8.26. The SMILES string of the molecule is C=CC(=O)O.C=CC(=O)OCC(O)C=C. The number of carbonyl (C=O) groups is 2. The Kier molecular flexibility index (Phi) is 10.6. The zero-order valence-electron chi connectivity index (χ0n) is 8.26. The van der Waals surface area contributed by atoms with Crippen LogP contribution in [0.25, 0.3) is 0 Å². The molecule has 0 saturated carbocycles.